The number of rotatable bonds is 4. The van der Waals surface area contributed by atoms with Gasteiger partial charge in [-0.15, -0.1) is 0 Å². The second kappa shape index (κ2) is 7.06. The first-order valence-electron chi connectivity index (χ1n) is 8.89. The number of ether oxygens (including phenoxy) is 2. The predicted molar refractivity (Wildman–Crippen MR) is 86.9 cm³/mol. The largest absolute Gasteiger partial charge is 0.390 e. The summed E-state index contributed by atoms with van der Waals surface area (Å²) < 4.78 is 24.8. The van der Waals surface area contributed by atoms with Gasteiger partial charge in [-0.3, -0.25) is 4.90 Å². The van der Waals surface area contributed by atoms with E-state index in [0.29, 0.717) is 13.2 Å². The number of piperidine rings is 1. The molecule has 0 saturated carbocycles. The average Bonchev–Trinajstić information content (AvgIpc) is 3.02. The standard InChI is InChI=1S/C18H25FN2O3/c19-13-6-4-12(5-7-13)10-20-15-14-11-23-18(24-14)16(17(15)22)21-8-2-1-3-9-21/h4-7,14-18,20,22H,1-3,8-11H2. The molecular weight excluding hydrogens is 311 g/mol. The summed E-state index contributed by atoms with van der Waals surface area (Å²) >= 11 is 0. The van der Waals surface area contributed by atoms with Crippen LogP contribution < -0.4 is 5.32 Å². The minimum Gasteiger partial charge on any atom is -0.390 e. The Kier molecular flexibility index (Phi) is 4.83. The van der Waals surface area contributed by atoms with Crippen molar-refractivity contribution in [1.29, 1.82) is 0 Å². The highest BCUT2D eigenvalue weighted by Crippen LogP contribution is 2.32. The number of likely N-dealkylation sites (tertiary alicyclic amines) is 1. The fraction of sp³-hybridized carbons (Fsp3) is 0.667. The van der Waals surface area contributed by atoms with Crippen LogP contribution in [-0.2, 0) is 16.0 Å². The molecule has 1 aromatic carbocycles. The zero-order valence-corrected chi connectivity index (χ0v) is 13.7. The highest BCUT2D eigenvalue weighted by Gasteiger charge is 2.51. The van der Waals surface area contributed by atoms with Crippen molar-refractivity contribution in [3.05, 3.63) is 35.6 Å². The zero-order chi connectivity index (χ0) is 16.5. The third kappa shape index (κ3) is 3.21. The minimum atomic E-state index is -0.533. The van der Waals surface area contributed by atoms with E-state index in [0.717, 1.165) is 31.5 Å². The number of halogens is 1. The molecule has 0 radical (unpaired) electrons. The smallest absolute Gasteiger partial charge is 0.176 e. The van der Waals surface area contributed by atoms with E-state index in [9.17, 15) is 9.50 Å². The van der Waals surface area contributed by atoms with Gasteiger partial charge < -0.3 is 19.9 Å². The SMILES string of the molecule is OC1C(NCc2ccc(F)cc2)C2COC(O2)C1N1CCCCC1. The second-order valence-corrected chi connectivity index (χ2v) is 6.99. The molecule has 24 heavy (non-hydrogen) atoms. The number of aliphatic hydroxyl groups is 1. The zero-order valence-electron chi connectivity index (χ0n) is 13.7. The number of hydrogen-bond donors (Lipinski definition) is 2. The van der Waals surface area contributed by atoms with Gasteiger partial charge in [0, 0.05) is 6.54 Å². The molecule has 4 rings (SSSR count). The van der Waals surface area contributed by atoms with Crippen LogP contribution in [0.25, 0.3) is 0 Å². The Balaban J connectivity index is 1.44. The Morgan fingerprint density at radius 2 is 1.92 bits per heavy atom. The van der Waals surface area contributed by atoms with Crippen LogP contribution in [-0.4, -0.2) is 60.3 Å². The van der Waals surface area contributed by atoms with Crippen molar-refractivity contribution in [3.63, 3.8) is 0 Å². The molecule has 3 heterocycles. The Bertz CT molecular complexity index is 550. The van der Waals surface area contributed by atoms with Gasteiger partial charge in [0.25, 0.3) is 0 Å². The molecule has 3 aliphatic heterocycles. The lowest BCUT2D eigenvalue weighted by molar-refractivity contribution is -0.184. The van der Waals surface area contributed by atoms with Crippen molar-refractivity contribution in [3.8, 4) is 0 Å². The Morgan fingerprint density at radius 3 is 2.67 bits per heavy atom. The first-order valence-corrected chi connectivity index (χ1v) is 8.89. The first-order chi connectivity index (χ1) is 11.7. The normalized spacial score (nSPS) is 36.8. The summed E-state index contributed by atoms with van der Waals surface area (Å²) in [7, 11) is 0. The molecule has 5 atom stereocenters. The highest BCUT2D eigenvalue weighted by molar-refractivity contribution is 5.16. The highest BCUT2D eigenvalue weighted by atomic mass is 19.1. The lowest BCUT2D eigenvalue weighted by Gasteiger charge is -2.45. The van der Waals surface area contributed by atoms with E-state index in [2.05, 4.69) is 10.2 Å². The fourth-order valence-corrected chi connectivity index (χ4v) is 4.10. The molecule has 0 amide bonds. The topological polar surface area (TPSA) is 54.0 Å². The summed E-state index contributed by atoms with van der Waals surface area (Å²) in [6.07, 6.45) is 2.58. The number of hydrogen-bond acceptors (Lipinski definition) is 5. The van der Waals surface area contributed by atoms with Gasteiger partial charge in [0.2, 0.25) is 0 Å². The summed E-state index contributed by atoms with van der Waals surface area (Å²) in [5.41, 5.74) is 0.985. The van der Waals surface area contributed by atoms with Crippen molar-refractivity contribution in [2.45, 2.75) is 56.4 Å². The molecule has 6 heteroatoms. The van der Waals surface area contributed by atoms with Gasteiger partial charge in [-0.05, 0) is 43.6 Å². The van der Waals surface area contributed by atoms with Crippen LogP contribution in [0.4, 0.5) is 4.39 Å². The molecule has 3 aliphatic rings. The van der Waals surface area contributed by atoms with E-state index in [4.69, 9.17) is 9.47 Å². The van der Waals surface area contributed by atoms with Crippen LogP contribution in [0.3, 0.4) is 0 Å². The second-order valence-electron chi connectivity index (χ2n) is 6.99. The molecule has 0 spiro atoms. The van der Waals surface area contributed by atoms with Crippen molar-refractivity contribution >= 4 is 0 Å². The number of fused-ring (bicyclic) bond motifs is 2. The average molecular weight is 336 g/mol. The third-order valence-electron chi connectivity index (χ3n) is 5.40. The maximum Gasteiger partial charge on any atom is 0.176 e. The molecule has 3 fully saturated rings. The van der Waals surface area contributed by atoms with Crippen LogP contribution >= 0.6 is 0 Å². The summed E-state index contributed by atoms with van der Waals surface area (Å²) in [5.74, 6) is -0.239. The van der Waals surface area contributed by atoms with Gasteiger partial charge >= 0.3 is 0 Å². The lowest BCUT2D eigenvalue weighted by atomic mass is 9.93. The molecule has 5 nitrogen and oxygen atoms in total. The summed E-state index contributed by atoms with van der Waals surface area (Å²) in [5, 5.41) is 14.4. The molecule has 2 N–H and O–H groups in total. The molecule has 2 bridgehead atoms. The quantitative estimate of drug-likeness (QED) is 0.867. The predicted octanol–water partition coefficient (Wildman–Crippen LogP) is 1.25. The molecule has 132 valence electrons. The third-order valence-corrected chi connectivity index (χ3v) is 5.40. The molecular formula is C18H25FN2O3. The van der Waals surface area contributed by atoms with Gasteiger partial charge in [0.1, 0.15) is 11.9 Å². The van der Waals surface area contributed by atoms with Gasteiger partial charge in [0.05, 0.1) is 24.8 Å². The van der Waals surface area contributed by atoms with E-state index in [-0.39, 0.29) is 30.3 Å². The molecule has 3 saturated heterocycles. The van der Waals surface area contributed by atoms with Gasteiger partial charge in [-0.25, -0.2) is 4.39 Å². The molecule has 0 aromatic heterocycles. The van der Waals surface area contributed by atoms with Gasteiger partial charge in [-0.2, -0.15) is 0 Å². The number of nitrogens with one attached hydrogen (secondary N) is 1. The van der Waals surface area contributed by atoms with Crippen molar-refractivity contribution < 1.29 is 19.0 Å². The first kappa shape index (κ1) is 16.4. The van der Waals surface area contributed by atoms with Gasteiger partial charge in [0.15, 0.2) is 6.29 Å². The minimum absolute atomic E-state index is 0.116. The van der Waals surface area contributed by atoms with Crippen molar-refractivity contribution in [2.24, 2.45) is 0 Å². The monoisotopic (exact) mass is 336 g/mol. The van der Waals surface area contributed by atoms with Crippen molar-refractivity contribution in [1.82, 2.24) is 10.2 Å². The van der Waals surface area contributed by atoms with Crippen molar-refractivity contribution in [2.75, 3.05) is 19.7 Å². The van der Waals surface area contributed by atoms with Crippen LogP contribution in [0.2, 0.25) is 0 Å². The molecule has 0 aliphatic carbocycles. The maximum atomic E-state index is 13.0. The van der Waals surface area contributed by atoms with Crippen LogP contribution in [0.5, 0.6) is 0 Å². The number of aliphatic hydroxyl groups excluding tert-OH is 1. The van der Waals surface area contributed by atoms with Gasteiger partial charge in [-0.1, -0.05) is 18.6 Å². The van der Waals surface area contributed by atoms with E-state index in [1.807, 2.05) is 0 Å². The van der Waals surface area contributed by atoms with E-state index < -0.39 is 6.10 Å². The maximum absolute atomic E-state index is 13.0. The number of nitrogens with zero attached hydrogens (tertiary/aromatic N) is 1. The fourth-order valence-electron chi connectivity index (χ4n) is 4.10. The number of benzene rings is 1. The Hall–Kier alpha value is -1.05. The van der Waals surface area contributed by atoms with E-state index in [1.54, 1.807) is 12.1 Å². The summed E-state index contributed by atoms with van der Waals surface area (Å²) in [4.78, 5) is 2.31. The van der Waals surface area contributed by atoms with Crippen LogP contribution in [0.1, 0.15) is 24.8 Å². The molecule has 5 unspecified atom stereocenters. The van der Waals surface area contributed by atoms with Crippen LogP contribution in [0.15, 0.2) is 24.3 Å². The summed E-state index contributed by atoms with van der Waals surface area (Å²) in [6, 6.07) is 6.13. The Labute approximate surface area is 141 Å². The molecule has 1 aromatic rings. The van der Waals surface area contributed by atoms with Crippen LogP contribution in [0, 0.1) is 5.82 Å². The Morgan fingerprint density at radius 1 is 1.17 bits per heavy atom. The van der Waals surface area contributed by atoms with E-state index in [1.165, 1.54) is 18.6 Å². The summed E-state index contributed by atoms with van der Waals surface area (Å²) in [6.45, 7) is 3.05. The van der Waals surface area contributed by atoms with E-state index >= 15 is 0 Å². The lowest BCUT2D eigenvalue weighted by Crippen LogP contribution is -2.64.